The summed E-state index contributed by atoms with van der Waals surface area (Å²) in [4.78, 5) is 9.70. The van der Waals surface area contributed by atoms with Crippen molar-refractivity contribution in [3.63, 3.8) is 0 Å². The van der Waals surface area contributed by atoms with Crippen molar-refractivity contribution in [2.75, 3.05) is 0 Å². The molecule has 0 saturated heterocycles. The molecule has 162 valence electrons. The number of aromatic nitrogens is 1. The number of hydrogen-bond acceptors (Lipinski definition) is 1. The standard InChI is InChI=1S/C30H22N4/c31-30(33-29(22-12-3-1-4-13-22)32-23-14-5-2-6-15-23)34-26-18-10-9-17-25(26)28-24-16-8-7-11-21(24)19-20-27(28)34/h1-20H,(H2,31,32,33). The average Bonchev–Trinajstić information content (AvgIpc) is 3.24. The Morgan fingerprint density at radius 1 is 0.588 bits per heavy atom. The van der Waals surface area contributed by atoms with Crippen molar-refractivity contribution in [3.8, 4) is 0 Å². The highest BCUT2D eigenvalue weighted by atomic mass is 15.2. The van der Waals surface area contributed by atoms with Crippen LogP contribution in [0.4, 0.5) is 5.69 Å². The Hall–Kier alpha value is -4.70. The smallest absolute Gasteiger partial charge is 0.207 e. The molecule has 0 aliphatic heterocycles. The minimum Gasteiger partial charge on any atom is -0.369 e. The van der Waals surface area contributed by atoms with E-state index in [2.05, 4.69) is 54.6 Å². The van der Waals surface area contributed by atoms with Gasteiger partial charge in [-0.25, -0.2) is 4.99 Å². The van der Waals surface area contributed by atoms with E-state index in [-0.39, 0.29) is 0 Å². The lowest BCUT2D eigenvalue weighted by atomic mass is 10.0. The van der Waals surface area contributed by atoms with E-state index in [1.165, 1.54) is 16.2 Å². The van der Waals surface area contributed by atoms with Crippen LogP contribution in [0.25, 0.3) is 32.6 Å². The van der Waals surface area contributed by atoms with Gasteiger partial charge in [0.2, 0.25) is 5.96 Å². The number of para-hydroxylation sites is 2. The third-order valence-electron chi connectivity index (χ3n) is 6.03. The molecule has 0 bridgehead atoms. The lowest BCUT2D eigenvalue weighted by molar-refractivity contribution is 1.22. The molecule has 1 heterocycles. The maximum absolute atomic E-state index is 6.74. The summed E-state index contributed by atoms with van der Waals surface area (Å²) in [6.07, 6.45) is 0. The first-order valence-electron chi connectivity index (χ1n) is 11.2. The number of benzene rings is 5. The molecule has 0 atom stereocenters. The number of rotatable bonds is 2. The summed E-state index contributed by atoms with van der Waals surface area (Å²) in [5, 5.41) is 4.72. The van der Waals surface area contributed by atoms with Gasteiger partial charge in [0.05, 0.1) is 16.7 Å². The van der Waals surface area contributed by atoms with Crippen LogP contribution in [0.15, 0.2) is 131 Å². The van der Waals surface area contributed by atoms with Crippen molar-refractivity contribution in [1.29, 1.82) is 0 Å². The number of hydrogen-bond donors (Lipinski definition) is 1. The van der Waals surface area contributed by atoms with Crippen molar-refractivity contribution in [3.05, 3.63) is 127 Å². The SMILES string of the molecule is NC(=NC(=Nc1ccccc1)c1ccccc1)n1c2ccccc2c2c3ccccc3ccc21. The Balaban J connectivity index is 1.62. The van der Waals surface area contributed by atoms with Gasteiger partial charge >= 0.3 is 0 Å². The normalized spacial score (nSPS) is 12.6. The first-order chi connectivity index (χ1) is 16.8. The molecule has 6 aromatic rings. The van der Waals surface area contributed by atoms with Gasteiger partial charge in [0.1, 0.15) is 0 Å². The van der Waals surface area contributed by atoms with Gasteiger partial charge in [-0.15, -0.1) is 0 Å². The van der Waals surface area contributed by atoms with Crippen molar-refractivity contribution in [1.82, 2.24) is 4.57 Å². The number of nitrogens with zero attached hydrogens (tertiary/aromatic N) is 3. The second kappa shape index (κ2) is 8.34. The minimum atomic E-state index is 0.375. The highest BCUT2D eigenvalue weighted by molar-refractivity contribution is 6.24. The fourth-order valence-electron chi connectivity index (χ4n) is 4.51. The molecule has 0 saturated carbocycles. The molecule has 2 N–H and O–H groups in total. The van der Waals surface area contributed by atoms with Crippen molar-refractivity contribution >= 4 is 50.1 Å². The lowest BCUT2D eigenvalue weighted by Crippen LogP contribution is -2.23. The second-order valence-corrected chi connectivity index (χ2v) is 8.14. The third kappa shape index (κ3) is 3.42. The Bertz CT molecular complexity index is 1690. The van der Waals surface area contributed by atoms with Gasteiger partial charge in [0, 0.05) is 16.3 Å². The van der Waals surface area contributed by atoms with Crippen LogP contribution in [0.5, 0.6) is 0 Å². The van der Waals surface area contributed by atoms with Gasteiger partial charge in [-0.05, 0) is 35.0 Å². The monoisotopic (exact) mass is 438 g/mol. The van der Waals surface area contributed by atoms with E-state index in [9.17, 15) is 0 Å². The fourth-order valence-corrected chi connectivity index (χ4v) is 4.51. The Morgan fingerprint density at radius 3 is 2.03 bits per heavy atom. The molecule has 1 aromatic heterocycles. The van der Waals surface area contributed by atoms with Crippen LogP contribution in [0, 0.1) is 0 Å². The van der Waals surface area contributed by atoms with Gasteiger partial charge in [-0.2, -0.15) is 4.99 Å². The molecule has 0 radical (unpaired) electrons. The van der Waals surface area contributed by atoms with Gasteiger partial charge in [0.15, 0.2) is 5.84 Å². The molecule has 5 aromatic carbocycles. The topological polar surface area (TPSA) is 55.7 Å². The molecule has 0 unspecified atom stereocenters. The number of nitrogens with two attached hydrogens (primary N) is 1. The summed E-state index contributed by atoms with van der Waals surface area (Å²) >= 11 is 0. The predicted octanol–water partition coefficient (Wildman–Crippen LogP) is 6.89. The fraction of sp³-hybridized carbons (Fsp3) is 0. The molecule has 34 heavy (non-hydrogen) atoms. The number of fused-ring (bicyclic) bond motifs is 5. The van der Waals surface area contributed by atoms with Crippen LogP contribution in [-0.4, -0.2) is 16.4 Å². The summed E-state index contributed by atoms with van der Waals surface area (Å²) in [7, 11) is 0. The summed E-state index contributed by atoms with van der Waals surface area (Å²) in [6, 6.07) is 40.8. The molecule has 0 aliphatic carbocycles. The predicted molar refractivity (Wildman–Crippen MR) is 143 cm³/mol. The molecule has 0 aliphatic rings. The van der Waals surface area contributed by atoms with Crippen LogP contribution < -0.4 is 5.73 Å². The molecule has 0 fully saturated rings. The largest absolute Gasteiger partial charge is 0.369 e. The first kappa shape index (κ1) is 19.9. The minimum absolute atomic E-state index is 0.375. The highest BCUT2D eigenvalue weighted by Gasteiger charge is 2.16. The molecular formula is C30H22N4. The van der Waals surface area contributed by atoms with Crippen LogP contribution in [0.1, 0.15) is 5.56 Å². The van der Waals surface area contributed by atoms with E-state index in [0.29, 0.717) is 11.8 Å². The van der Waals surface area contributed by atoms with E-state index in [0.717, 1.165) is 27.7 Å². The zero-order valence-corrected chi connectivity index (χ0v) is 18.5. The summed E-state index contributed by atoms with van der Waals surface area (Å²) < 4.78 is 2.03. The van der Waals surface area contributed by atoms with Gasteiger partial charge in [-0.3, -0.25) is 4.57 Å². The second-order valence-electron chi connectivity index (χ2n) is 8.14. The number of aliphatic imine (C=N–C) groups is 2. The quantitative estimate of drug-likeness (QED) is 0.232. The van der Waals surface area contributed by atoms with Crippen molar-refractivity contribution < 1.29 is 0 Å². The first-order valence-corrected chi connectivity index (χ1v) is 11.2. The van der Waals surface area contributed by atoms with E-state index >= 15 is 0 Å². The molecule has 4 nitrogen and oxygen atoms in total. The lowest BCUT2D eigenvalue weighted by Gasteiger charge is -2.09. The van der Waals surface area contributed by atoms with Crippen LogP contribution >= 0.6 is 0 Å². The van der Waals surface area contributed by atoms with E-state index in [1.54, 1.807) is 0 Å². The maximum Gasteiger partial charge on any atom is 0.207 e. The molecule has 0 amide bonds. The van der Waals surface area contributed by atoms with Crippen LogP contribution in [0.2, 0.25) is 0 Å². The van der Waals surface area contributed by atoms with Crippen molar-refractivity contribution in [2.24, 2.45) is 15.7 Å². The Kier molecular flexibility index (Phi) is 4.89. The number of amidine groups is 1. The molecule has 4 heteroatoms. The molecule has 6 rings (SSSR count). The van der Waals surface area contributed by atoms with Crippen LogP contribution in [-0.2, 0) is 0 Å². The van der Waals surface area contributed by atoms with E-state index in [4.69, 9.17) is 15.7 Å². The average molecular weight is 439 g/mol. The summed E-state index contributed by atoms with van der Waals surface area (Å²) in [6.45, 7) is 0. The van der Waals surface area contributed by atoms with Gasteiger partial charge in [-0.1, -0.05) is 97.1 Å². The zero-order valence-electron chi connectivity index (χ0n) is 18.5. The van der Waals surface area contributed by atoms with Gasteiger partial charge in [0.25, 0.3) is 0 Å². The molecule has 0 spiro atoms. The van der Waals surface area contributed by atoms with Crippen molar-refractivity contribution in [2.45, 2.75) is 0 Å². The Morgan fingerprint density at radius 2 is 1.24 bits per heavy atom. The maximum atomic E-state index is 6.74. The summed E-state index contributed by atoms with van der Waals surface area (Å²) in [5.41, 5.74) is 10.5. The van der Waals surface area contributed by atoms with Gasteiger partial charge < -0.3 is 5.73 Å². The Labute approximate surface area is 197 Å². The zero-order chi connectivity index (χ0) is 22.9. The highest BCUT2D eigenvalue weighted by Crippen LogP contribution is 2.34. The van der Waals surface area contributed by atoms with E-state index < -0.39 is 0 Å². The van der Waals surface area contributed by atoms with E-state index in [1.807, 2.05) is 71.3 Å². The summed E-state index contributed by atoms with van der Waals surface area (Å²) in [5.74, 6) is 0.941. The molecular weight excluding hydrogens is 416 g/mol. The van der Waals surface area contributed by atoms with Crippen LogP contribution in [0.3, 0.4) is 0 Å². The third-order valence-corrected chi connectivity index (χ3v) is 6.03.